The van der Waals surface area contributed by atoms with Crippen molar-refractivity contribution in [1.82, 2.24) is 0 Å². The van der Waals surface area contributed by atoms with Crippen molar-refractivity contribution in [3.05, 3.63) is 0 Å². The van der Waals surface area contributed by atoms with Gasteiger partial charge in [0.1, 0.15) is 5.25 Å². The number of carbonyl (C=O) groups excluding carboxylic acids is 1. The summed E-state index contributed by atoms with van der Waals surface area (Å²) in [6, 6.07) is 0. The lowest BCUT2D eigenvalue weighted by Crippen LogP contribution is -2.28. The van der Waals surface area contributed by atoms with E-state index in [9.17, 15) is 13.2 Å². The highest BCUT2D eigenvalue weighted by Gasteiger charge is 2.35. The van der Waals surface area contributed by atoms with Crippen molar-refractivity contribution < 1.29 is 17.9 Å². The zero-order chi connectivity index (χ0) is 10.6. The van der Waals surface area contributed by atoms with Crippen LogP contribution in [0, 0.1) is 0 Å². The van der Waals surface area contributed by atoms with E-state index in [0.29, 0.717) is 32.3 Å². The molecule has 0 heterocycles. The van der Waals surface area contributed by atoms with Gasteiger partial charge in [-0.3, -0.25) is 4.79 Å². The standard InChI is InChI=1S/C9H16O4S/c1-13-6-3-7-14(11,12)9-5-2-4-8(9)10/h9H,2-7H2,1H3. The molecule has 1 aliphatic rings. The van der Waals surface area contributed by atoms with Crippen molar-refractivity contribution in [2.75, 3.05) is 19.5 Å². The van der Waals surface area contributed by atoms with E-state index < -0.39 is 15.1 Å². The molecule has 82 valence electrons. The quantitative estimate of drug-likeness (QED) is 0.635. The van der Waals surface area contributed by atoms with Crippen LogP contribution in [-0.2, 0) is 19.4 Å². The monoisotopic (exact) mass is 220 g/mol. The number of hydrogen-bond donors (Lipinski definition) is 0. The zero-order valence-corrected chi connectivity index (χ0v) is 9.18. The fourth-order valence-corrected chi connectivity index (χ4v) is 3.56. The topological polar surface area (TPSA) is 60.4 Å². The van der Waals surface area contributed by atoms with Gasteiger partial charge in [-0.25, -0.2) is 8.42 Å². The molecular formula is C9H16O4S. The first-order chi connectivity index (χ1) is 6.58. The van der Waals surface area contributed by atoms with Gasteiger partial charge in [0, 0.05) is 20.1 Å². The highest BCUT2D eigenvalue weighted by atomic mass is 32.2. The first-order valence-corrected chi connectivity index (χ1v) is 6.52. The van der Waals surface area contributed by atoms with E-state index in [0.717, 1.165) is 0 Å². The molecule has 4 nitrogen and oxygen atoms in total. The Kier molecular flexibility index (Phi) is 4.07. The molecule has 0 aromatic carbocycles. The minimum absolute atomic E-state index is 0.0667. The molecule has 1 rings (SSSR count). The van der Waals surface area contributed by atoms with Crippen LogP contribution < -0.4 is 0 Å². The SMILES string of the molecule is COCCCS(=O)(=O)C1CCCC1=O. The lowest BCUT2D eigenvalue weighted by molar-refractivity contribution is -0.117. The summed E-state index contributed by atoms with van der Waals surface area (Å²) < 4.78 is 28.1. The molecule has 0 saturated heterocycles. The Morgan fingerprint density at radius 2 is 2.21 bits per heavy atom. The third kappa shape index (κ3) is 2.78. The molecule has 0 radical (unpaired) electrons. The summed E-state index contributed by atoms with van der Waals surface area (Å²) in [6.45, 7) is 0.431. The van der Waals surface area contributed by atoms with Crippen molar-refractivity contribution in [2.45, 2.75) is 30.9 Å². The Bertz CT molecular complexity index is 294. The molecule has 1 aliphatic carbocycles. The highest BCUT2D eigenvalue weighted by molar-refractivity contribution is 7.92. The normalized spacial score (nSPS) is 22.9. The molecule has 5 heteroatoms. The van der Waals surface area contributed by atoms with Gasteiger partial charge in [-0.2, -0.15) is 0 Å². The lowest BCUT2D eigenvalue weighted by atomic mass is 10.3. The third-order valence-electron chi connectivity index (χ3n) is 2.46. The minimum Gasteiger partial charge on any atom is -0.385 e. The second kappa shape index (κ2) is 4.89. The van der Waals surface area contributed by atoms with Gasteiger partial charge in [-0.1, -0.05) is 0 Å². The number of sulfone groups is 1. The Morgan fingerprint density at radius 1 is 1.50 bits per heavy atom. The molecule has 0 N–H and O–H groups in total. The summed E-state index contributed by atoms with van der Waals surface area (Å²) in [5.41, 5.74) is 0. The van der Waals surface area contributed by atoms with Gasteiger partial charge >= 0.3 is 0 Å². The van der Waals surface area contributed by atoms with Crippen LogP contribution in [0.15, 0.2) is 0 Å². The molecule has 1 fully saturated rings. The number of rotatable bonds is 5. The summed E-state index contributed by atoms with van der Waals surface area (Å²) in [5, 5.41) is -0.723. The first kappa shape index (κ1) is 11.7. The Balaban J connectivity index is 2.52. The molecule has 0 bridgehead atoms. The van der Waals surface area contributed by atoms with Gasteiger partial charge < -0.3 is 4.74 Å². The van der Waals surface area contributed by atoms with Crippen LogP contribution in [0.2, 0.25) is 0 Å². The number of carbonyl (C=O) groups is 1. The van der Waals surface area contributed by atoms with Gasteiger partial charge in [0.2, 0.25) is 0 Å². The van der Waals surface area contributed by atoms with Gasteiger partial charge in [0.25, 0.3) is 0 Å². The second-order valence-electron chi connectivity index (χ2n) is 3.56. The minimum atomic E-state index is -3.21. The maximum Gasteiger partial charge on any atom is 0.160 e. The van der Waals surface area contributed by atoms with Crippen molar-refractivity contribution in [2.24, 2.45) is 0 Å². The van der Waals surface area contributed by atoms with Crippen LogP contribution in [0.4, 0.5) is 0 Å². The van der Waals surface area contributed by atoms with Gasteiger partial charge in [0.15, 0.2) is 15.6 Å². The summed E-state index contributed by atoms with van der Waals surface area (Å²) in [5.74, 6) is -0.0422. The van der Waals surface area contributed by atoms with E-state index in [-0.39, 0.29) is 11.5 Å². The van der Waals surface area contributed by atoms with E-state index in [1.807, 2.05) is 0 Å². The van der Waals surface area contributed by atoms with Crippen LogP contribution in [-0.4, -0.2) is 38.9 Å². The van der Waals surface area contributed by atoms with Crippen LogP contribution in [0.5, 0.6) is 0 Å². The van der Waals surface area contributed by atoms with E-state index in [4.69, 9.17) is 4.74 Å². The van der Waals surface area contributed by atoms with Gasteiger partial charge in [-0.15, -0.1) is 0 Å². The zero-order valence-electron chi connectivity index (χ0n) is 8.36. The van der Waals surface area contributed by atoms with Crippen molar-refractivity contribution >= 4 is 15.6 Å². The summed E-state index contributed by atoms with van der Waals surface area (Å²) in [7, 11) is -1.68. The highest BCUT2D eigenvalue weighted by Crippen LogP contribution is 2.22. The first-order valence-electron chi connectivity index (χ1n) is 4.81. The number of hydrogen-bond acceptors (Lipinski definition) is 4. The predicted molar refractivity (Wildman–Crippen MR) is 52.9 cm³/mol. The Hall–Kier alpha value is -0.420. The number of ether oxygens (including phenoxy) is 1. The Labute approximate surface area is 84.6 Å². The third-order valence-corrected chi connectivity index (χ3v) is 4.68. The number of methoxy groups -OCH3 is 1. The molecule has 0 amide bonds. The number of ketones is 1. The smallest absolute Gasteiger partial charge is 0.160 e. The van der Waals surface area contributed by atoms with E-state index >= 15 is 0 Å². The largest absolute Gasteiger partial charge is 0.385 e. The van der Waals surface area contributed by atoms with Crippen LogP contribution in [0.3, 0.4) is 0 Å². The molecule has 14 heavy (non-hydrogen) atoms. The van der Waals surface area contributed by atoms with Crippen LogP contribution >= 0.6 is 0 Å². The average molecular weight is 220 g/mol. The average Bonchev–Trinajstić information content (AvgIpc) is 2.52. The van der Waals surface area contributed by atoms with Gasteiger partial charge in [-0.05, 0) is 19.3 Å². The number of Topliss-reactive ketones (excluding diaryl/α,β-unsaturated/α-hetero) is 1. The fraction of sp³-hybridized carbons (Fsp3) is 0.889. The van der Waals surface area contributed by atoms with Crippen LogP contribution in [0.25, 0.3) is 0 Å². The molecule has 0 spiro atoms. The summed E-state index contributed by atoms with van der Waals surface area (Å²) in [4.78, 5) is 11.2. The summed E-state index contributed by atoms with van der Waals surface area (Å²) >= 11 is 0. The molecule has 0 aromatic rings. The maximum absolute atomic E-state index is 11.6. The molecule has 1 atom stereocenters. The van der Waals surface area contributed by atoms with E-state index in [1.165, 1.54) is 7.11 Å². The second-order valence-corrected chi connectivity index (χ2v) is 5.86. The Morgan fingerprint density at radius 3 is 2.71 bits per heavy atom. The van der Waals surface area contributed by atoms with E-state index in [2.05, 4.69) is 0 Å². The summed E-state index contributed by atoms with van der Waals surface area (Å²) in [6.07, 6.45) is 2.12. The van der Waals surface area contributed by atoms with Crippen molar-refractivity contribution in [1.29, 1.82) is 0 Å². The fourth-order valence-electron chi connectivity index (χ4n) is 1.71. The molecule has 0 aliphatic heterocycles. The van der Waals surface area contributed by atoms with E-state index in [1.54, 1.807) is 0 Å². The maximum atomic E-state index is 11.6. The molecular weight excluding hydrogens is 204 g/mol. The van der Waals surface area contributed by atoms with Crippen LogP contribution in [0.1, 0.15) is 25.7 Å². The van der Waals surface area contributed by atoms with Gasteiger partial charge in [0.05, 0.1) is 5.75 Å². The lowest BCUT2D eigenvalue weighted by Gasteiger charge is -2.09. The predicted octanol–water partition coefficient (Wildman–Crippen LogP) is 0.559. The molecule has 1 unspecified atom stereocenters. The van der Waals surface area contributed by atoms with Crippen molar-refractivity contribution in [3.8, 4) is 0 Å². The molecule has 0 aromatic heterocycles. The molecule has 1 saturated carbocycles. The van der Waals surface area contributed by atoms with Crippen molar-refractivity contribution in [3.63, 3.8) is 0 Å².